The first-order chi connectivity index (χ1) is 14.4. The Morgan fingerprint density at radius 1 is 0.767 bits per heavy atom. The van der Waals surface area contributed by atoms with E-state index in [0.717, 1.165) is 31.8 Å². The van der Waals surface area contributed by atoms with Gasteiger partial charge in [-0.2, -0.15) is 4.31 Å². The standard InChI is InChI=1S/C23H24INO4S/c1-28-21-11-7-18(8-12-21)15-25(16-19-9-13-22(29-2)14-10-19)30(26,27)17-20-5-3-4-6-23(20)24/h3-14H,15-17H2,1-2H3. The van der Waals surface area contributed by atoms with E-state index in [2.05, 4.69) is 22.6 Å². The van der Waals surface area contributed by atoms with Crippen LogP contribution in [0.4, 0.5) is 0 Å². The highest BCUT2D eigenvalue weighted by Gasteiger charge is 2.24. The molecule has 3 aromatic carbocycles. The summed E-state index contributed by atoms with van der Waals surface area (Å²) in [5.74, 6) is 1.43. The molecular weight excluding hydrogens is 513 g/mol. The fraction of sp³-hybridized carbons (Fsp3) is 0.217. The van der Waals surface area contributed by atoms with Crippen molar-refractivity contribution < 1.29 is 17.9 Å². The van der Waals surface area contributed by atoms with Crippen molar-refractivity contribution in [3.8, 4) is 11.5 Å². The molecule has 0 amide bonds. The molecule has 0 aliphatic rings. The number of ether oxygens (including phenoxy) is 2. The Hall–Kier alpha value is -2.10. The lowest BCUT2D eigenvalue weighted by Gasteiger charge is -2.23. The Labute approximate surface area is 191 Å². The van der Waals surface area contributed by atoms with E-state index in [4.69, 9.17) is 9.47 Å². The minimum absolute atomic E-state index is 0.0432. The van der Waals surface area contributed by atoms with Crippen LogP contribution in [0, 0.1) is 3.57 Å². The Bertz CT molecular complexity index is 1020. The van der Waals surface area contributed by atoms with E-state index in [0.29, 0.717) is 0 Å². The molecule has 0 saturated heterocycles. The van der Waals surface area contributed by atoms with E-state index < -0.39 is 10.0 Å². The van der Waals surface area contributed by atoms with Gasteiger partial charge in [0.25, 0.3) is 0 Å². The average Bonchev–Trinajstić information content (AvgIpc) is 2.76. The number of nitrogens with zero attached hydrogens (tertiary/aromatic N) is 1. The van der Waals surface area contributed by atoms with Crippen LogP contribution in [0.25, 0.3) is 0 Å². The summed E-state index contributed by atoms with van der Waals surface area (Å²) in [6, 6.07) is 22.5. The molecule has 0 radical (unpaired) electrons. The normalized spacial score (nSPS) is 11.5. The van der Waals surface area contributed by atoms with Crippen molar-refractivity contribution in [3.63, 3.8) is 0 Å². The van der Waals surface area contributed by atoms with Crippen LogP contribution in [0.15, 0.2) is 72.8 Å². The molecule has 3 aromatic rings. The molecule has 5 nitrogen and oxygen atoms in total. The van der Waals surface area contributed by atoms with Gasteiger partial charge < -0.3 is 9.47 Å². The Morgan fingerprint density at radius 3 is 1.67 bits per heavy atom. The van der Waals surface area contributed by atoms with E-state index in [1.807, 2.05) is 72.8 Å². The third kappa shape index (κ3) is 5.96. The molecule has 0 aromatic heterocycles. The molecule has 158 valence electrons. The Morgan fingerprint density at radius 2 is 1.23 bits per heavy atom. The second-order valence-electron chi connectivity index (χ2n) is 6.81. The summed E-state index contributed by atoms with van der Waals surface area (Å²) in [4.78, 5) is 0. The minimum Gasteiger partial charge on any atom is -0.497 e. The summed E-state index contributed by atoms with van der Waals surface area (Å²) in [6.45, 7) is 0.559. The molecule has 3 rings (SSSR count). The van der Waals surface area contributed by atoms with E-state index in [1.54, 1.807) is 14.2 Å². The van der Waals surface area contributed by atoms with Crippen molar-refractivity contribution in [2.24, 2.45) is 0 Å². The maximum atomic E-state index is 13.4. The van der Waals surface area contributed by atoms with Gasteiger partial charge in [0.05, 0.1) is 20.0 Å². The van der Waals surface area contributed by atoms with E-state index >= 15 is 0 Å². The van der Waals surface area contributed by atoms with Gasteiger partial charge in [0.2, 0.25) is 10.0 Å². The monoisotopic (exact) mass is 537 g/mol. The number of rotatable bonds is 9. The average molecular weight is 537 g/mol. The Kier molecular flexibility index (Phi) is 7.74. The molecule has 7 heteroatoms. The van der Waals surface area contributed by atoms with E-state index in [9.17, 15) is 8.42 Å². The molecule has 0 fully saturated rings. The summed E-state index contributed by atoms with van der Waals surface area (Å²) < 4.78 is 39.6. The van der Waals surface area contributed by atoms with Crippen LogP contribution in [0.5, 0.6) is 11.5 Å². The summed E-state index contributed by atoms with van der Waals surface area (Å²) in [7, 11) is -0.344. The van der Waals surface area contributed by atoms with Crippen LogP contribution in [0.1, 0.15) is 16.7 Å². The zero-order valence-corrected chi connectivity index (χ0v) is 19.9. The number of methoxy groups -OCH3 is 2. The van der Waals surface area contributed by atoms with Crippen LogP contribution in [-0.2, 0) is 28.9 Å². The molecule has 0 bridgehead atoms. The van der Waals surface area contributed by atoms with E-state index in [-0.39, 0.29) is 18.8 Å². The van der Waals surface area contributed by atoms with Crippen LogP contribution < -0.4 is 9.47 Å². The van der Waals surface area contributed by atoms with Gasteiger partial charge in [-0.1, -0.05) is 42.5 Å². The van der Waals surface area contributed by atoms with Gasteiger partial charge in [0, 0.05) is 16.7 Å². The van der Waals surface area contributed by atoms with Gasteiger partial charge >= 0.3 is 0 Å². The van der Waals surface area contributed by atoms with Crippen molar-refractivity contribution >= 4 is 32.6 Å². The van der Waals surface area contributed by atoms with E-state index in [1.165, 1.54) is 4.31 Å². The van der Waals surface area contributed by atoms with Gasteiger partial charge in [-0.25, -0.2) is 8.42 Å². The van der Waals surface area contributed by atoms with Crippen LogP contribution in [0.3, 0.4) is 0 Å². The van der Waals surface area contributed by atoms with Crippen LogP contribution >= 0.6 is 22.6 Å². The number of hydrogen-bond acceptors (Lipinski definition) is 4. The molecule has 0 unspecified atom stereocenters. The van der Waals surface area contributed by atoms with Crippen LogP contribution in [-0.4, -0.2) is 26.9 Å². The number of benzene rings is 3. The molecular formula is C23H24INO4S. The SMILES string of the molecule is COc1ccc(CN(Cc2ccc(OC)cc2)S(=O)(=O)Cc2ccccc2I)cc1. The zero-order chi connectivity index (χ0) is 21.6. The van der Waals surface area contributed by atoms with Gasteiger partial charge in [-0.05, 0) is 69.6 Å². The molecule has 0 aliphatic carbocycles. The lowest BCUT2D eigenvalue weighted by molar-refractivity contribution is 0.397. The first kappa shape index (κ1) is 22.6. The minimum atomic E-state index is -3.56. The summed E-state index contributed by atoms with van der Waals surface area (Å²) in [5.41, 5.74) is 2.60. The topological polar surface area (TPSA) is 55.8 Å². The van der Waals surface area contributed by atoms with Gasteiger partial charge in [0.15, 0.2) is 0 Å². The smallest absolute Gasteiger partial charge is 0.218 e. The van der Waals surface area contributed by atoms with Gasteiger partial charge in [-0.15, -0.1) is 0 Å². The predicted octanol–water partition coefficient (Wildman–Crippen LogP) is 4.84. The van der Waals surface area contributed by atoms with Crippen LogP contribution in [0.2, 0.25) is 0 Å². The second kappa shape index (κ2) is 10.3. The largest absolute Gasteiger partial charge is 0.497 e. The fourth-order valence-electron chi connectivity index (χ4n) is 3.03. The van der Waals surface area contributed by atoms with Crippen molar-refractivity contribution in [2.45, 2.75) is 18.8 Å². The summed E-state index contributed by atoms with van der Waals surface area (Å²) in [6.07, 6.45) is 0. The Balaban J connectivity index is 1.88. The van der Waals surface area contributed by atoms with Crippen molar-refractivity contribution in [1.82, 2.24) is 4.31 Å². The third-order valence-corrected chi connectivity index (χ3v) is 7.50. The third-order valence-electron chi connectivity index (χ3n) is 4.73. The zero-order valence-electron chi connectivity index (χ0n) is 16.9. The second-order valence-corrected chi connectivity index (χ2v) is 9.94. The molecule has 0 heterocycles. The lowest BCUT2D eigenvalue weighted by atomic mass is 10.2. The van der Waals surface area contributed by atoms with Gasteiger partial charge in [0.1, 0.15) is 11.5 Å². The number of halogens is 1. The first-order valence-electron chi connectivity index (χ1n) is 9.38. The highest BCUT2D eigenvalue weighted by molar-refractivity contribution is 14.1. The highest BCUT2D eigenvalue weighted by atomic mass is 127. The summed E-state index contributed by atoms with van der Waals surface area (Å²) in [5, 5.41) is 0. The maximum absolute atomic E-state index is 13.4. The number of hydrogen-bond donors (Lipinski definition) is 0. The molecule has 0 aliphatic heterocycles. The van der Waals surface area contributed by atoms with Crippen molar-refractivity contribution in [1.29, 1.82) is 0 Å². The first-order valence-corrected chi connectivity index (χ1v) is 12.1. The van der Waals surface area contributed by atoms with Crippen molar-refractivity contribution in [2.75, 3.05) is 14.2 Å². The summed E-state index contributed by atoms with van der Waals surface area (Å²) >= 11 is 2.18. The molecule has 0 saturated carbocycles. The maximum Gasteiger partial charge on any atom is 0.218 e. The molecule has 0 atom stereocenters. The molecule has 30 heavy (non-hydrogen) atoms. The fourth-order valence-corrected chi connectivity index (χ4v) is 5.38. The quantitative estimate of drug-likeness (QED) is 0.367. The lowest BCUT2D eigenvalue weighted by Crippen LogP contribution is -2.31. The predicted molar refractivity (Wildman–Crippen MR) is 127 cm³/mol. The molecule has 0 spiro atoms. The number of sulfonamides is 1. The van der Waals surface area contributed by atoms with Gasteiger partial charge in [-0.3, -0.25) is 0 Å². The highest BCUT2D eigenvalue weighted by Crippen LogP contribution is 2.23. The van der Waals surface area contributed by atoms with Crippen molar-refractivity contribution in [3.05, 3.63) is 93.1 Å². The molecule has 0 N–H and O–H groups in total.